The van der Waals surface area contributed by atoms with Gasteiger partial charge in [-0.2, -0.15) is 0 Å². The van der Waals surface area contributed by atoms with Gasteiger partial charge in [-0.25, -0.2) is 9.18 Å². The number of benzene rings is 1. The Morgan fingerprint density at radius 3 is 2.88 bits per heavy atom. The van der Waals surface area contributed by atoms with Crippen molar-refractivity contribution in [2.45, 2.75) is 43.7 Å². The summed E-state index contributed by atoms with van der Waals surface area (Å²) in [5.74, 6) is 0.129. The van der Waals surface area contributed by atoms with Gasteiger partial charge in [-0.3, -0.25) is 0 Å². The molecule has 0 unspecified atom stereocenters. The van der Waals surface area contributed by atoms with Crippen molar-refractivity contribution in [1.29, 1.82) is 0 Å². The standard InChI is InChI=1S/C18H23FN2O3/c19-15-6-5-13(10-14(15)12-3-4-12)20-18(22)21-7-9-23-11-16(21)17-2-1-8-24-17/h5-6,10,12,16-17H,1-4,7-9,11H2,(H,20,22)/t16-,17+/m0/s1. The Labute approximate surface area is 141 Å². The smallest absolute Gasteiger partial charge is 0.322 e. The van der Waals surface area contributed by atoms with Crippen LogP contribution in [0.4, 0.5) is 14.9 Å². The van der Waals surface area contributed by atoms with Crippen LogP contribution in [0.25, 0.3) is 0 Å². The first-order valence-electron chi connectivity index (χ1n) is 8.79. The zero-order chi connectivity index (χ0) is 16.5. The molecule has 1 aromatic carbocycles. The number of halogens is 1. The second-order valence-corrected chi connectivity index (χ2v) is 6.83. The molecule has 1 N–H and O–H groups in total. The highest BCUT2D eigenvalue weighted by molar-refractivity contribution is 5.89. The van der Waals surface area contributed by atoms with Crippen LogP contribution in [-0.2, 0) is 9.47 Å². The summed E-state index contributed by atoms with van der Waals surface area (Å²) in [6.45, 7) is 2.34. The number of rotatable bonds is 3. The third kappa shape index (κ3) is 3.26. The quantitative estimate of drug-likeness (QED) is 0.924. The number of nitrogens with one attached hydrogen (secondary N) is 1. The molecule has 2 heterocycles. The molecule has 2 aliphatic heterocycles. The molecular formula is C18H23FN2O3. The summed E-state index contributed by atoms with van der Waals surface area (Å²) >= 11 is 0. The Bertz CT molecular complexity index is 614. The summed E-state index contributed by atoms with van der Waals surface area (Å²) in [5, 5.41) is 2.92. The van der Waals surface area contributed by atoms with E-state index in [1.54, 1.807) is 17.0 Å². The van der Waals surface area contributed by atoms with Crippen LogP contribution in [0.2, 0.25) is 0 Å². The van der Waals surface area contributed by atoms with Crippen molar-refractivity contribution >= 4 is 11.7 Å². The predicted octanol–water partition coefficient (Wildman–Crippen LogP) is 3.11. The van der Waals surface area contributed by atoms with E-state index >= 15 is 0 Å². The fourth-order valence-electron chi connectivity index (χ4n) is 3.61. The third-order valence-corrected chi connectivity index (χ3v) is 5.08. The number of carbonyl (C=O) groups is 1. The largest absolute Gasteiger partial charge is 0.377 e. The lowest BCUT2D eigenvalue weighted by atomic mass is 10.1. The fourth-order valence-corrected chi connectivity index (χ4v) is 3.61. The molecule has 3 aliphatic rings. The maximum Gasteiger partial charge on any atom is 0.322 e. The van der Waals surface area contributed by atoms with E-state index in [0.717, 1.165) is 32.3 Å². The molecule has 6 heteroatoms. The van der Waals surface area contributed by atoms with Gasteiger partial charge >= 0.3 is 6.03 Å². The molecule has 0 spiro atoms. The van der Waals surface area contributed by atoms with Gasteiger partial charge in [-0.1, -0.05) is 0 Å². The van der Waals surface area contributed by atoms with Gasteiger partial charge in [0, 0.05) is 18.8 Å². The zero-order valence-electron chi connectivity index (χ0n) is 13.7. The Hall–Kier alpha value is -1.66. The Morgan fingerprint density at radius 1 is 1.25 bits per heavy atom. The van der Waals surface area contributed by atoms with E-state index in [0.29, 0.717) is 36.9 Å². The number of urea groups is 1. The van der Waals surface area contributed by atoms with Crippen molar-refractivity contribution in [2.75, 3.05) is 31.7 Å². The first-order valence-corrected chi connectivity index (χ1v) is 8.79. The minimum Gasteiger partial charge on any atom is -0.377 e. The Balaban J connectivity index is 1.47. The second-order valence-electron chi connectivity index (χ2n) is 6.83. The van der Waals surface area contributed by atoms with Crippen LogP contribution >= 0.6 is 0 Å². The fraction of sp³-hybridized carbons (Fsp3) is 0.611. The van der Waals surface area contributed by atoms with E-state index in [2.05, 4.69) is 5.32 Å². The minimum atomic E-state index is -0.181. The van der Waals surface area contributed by atoms with Gasteiger partial charge in [0.05, 0.1) is 25.4 Å². The van der Waals surface area contributed by atoms with Crippen LogP contribution < -0.4 is 5.32 Å². The van der Waals surface area contributed by atoms with Gasteiger partial charge in [-0.15, -0.1) is 0 Å². The number of morpholine rings is 1. The van der Waals surface area contributed by atoms with Crippen molar-refractivity contribution in [3.05, 3.63) is 29.6 Å². The SMILES string of the molecule is O=C(Nc1ccc(F)c(C2CC2)c1)N1CCOC[C@H]1[C@H]1CCCO1. The monoisotopic (exact) mass is 334 g/mol. The van der Waals surface area contributed by atoms with Gasteiger partial charge in [0.15, 0.2) is 0 Å². The molecule has 0 aromatic heterocycles. The summed E-state index contributed by atoms with van der Waals surface area (Å²) in [6, 6.07) is 4.63. The lowest BCUT2D eigenvalue weighted by Gasteiger charge is -2.38. The zero-order valence-corrected chi connectivity index (χ0v) is 13.7. The van der Waals surface area contributed by atoms with E-state index in [-0.39, 0.29) is 24.0 Å². The van der Waals surface area contributed by atoms with Gasteiger partial charge < -0.3 is 19.7 Å². The average molecular weight is 334 g/mol. The molecule has 2 saturated heterocycles. The first-order chi connectivity index (χ1) is 11.7. The van der Waals surface area contributed by atoms with Gasteiger partial charge in [0.25, 0.3) is 0 Å². The van der Waals surface area contributed by atoms with Crippen molar-refractivity contribution in [1.82, 2.24) is 4.90 Å². The van der Waals surface area contributed by atoms with Gasteiger partial charge in [0.2, 0.25) is 0 Å². The Kier molecular flexibility index (Phi) is 4.41. The highest BCUT2D eigenvalue weighted by Crippen LogP contribution is 2.42. The van der Waals surface area contributed by atoms with Crippen molar-refractivity contribution in [2.24, 2.45) is 0 Å². The number of nitrogens with zero attached hydrogens (tertiary/aromatic N) is 1. The first kappa shape index (κ1) is 15.8. The predicted molar refractivity (Wildman–Crippen MR) is 87.7 cm³/mol. The van der Waals surface area contributed by atoms with Crippen LogP contribution in [0.3, 0.4) is 0 Å². The third-order valence-electron chi connectivity index (χ3n) is 5.08. The summed E-state index contributed by atoms with van der Waals surface area (Å²) in [4.78, 5) is 14.5. The summed E-state index contributed by atoms with van der Waals surface area (Å²) < 4.78 is 25.2. The minimum absolute atomic E-state index is 0.0475. The van der Waals surface area contributed by atoms with Crippen molar-refractivity contribution in [3.63, 3.8) is 0 Å². The molecule has 130 valence electrons. The van der Waals surface area contributed by atoms with Crippen LogP contribution in [0.5, 0.6) is 0 Å². The topological polar surface area (TPSA) is 50.8 Å². The van der Waals surface area contributed by atoms with Crippen molar-refractivity contribution in [3.8, 4) is 0 Å². The van der Waals surface area contributed by atoms with Gasteiger partial charge in [0.1, 0.15) is 5.82 Å². The maximum atomic E-state index is 13.9. The molecule has 24 heavy (non-hydrogen) atoms. The summed E-state index contributed by atoms with van der Waals surface area (Å²) in [5.41, 5.74) is 1.37. The summed E-state index contributed by atoms with van der Waals surface area (Å²) in [7, 11) is 0. The van der Waals surface area contributed by atoms with Gasteiger partial charge in [-0.05, 0) is 55.4 Å². The lowest BCUT2D eigenvalue weighted by molar-refractivity contribution is -0.0452. The molecule has 1 saturated carbocycles. The summed E-state index contributed by atoms with van der Waals surface area (Å²) in [6.07, 6.45) is 4.09. The molecule has 1 aliphatic carbocycles. The molecule has 1 aromatic rings. The van der Waals surface area contributed by atoms with Crippen LogP contribution in [0, 0.1) is 5.82 Å². The number of anilines is 1. The Morgan fingerprint density at radius 2 is 2.12 bits per heavy atom. The molecule has 4 rings (SSSR count). The molecule has 2 amide bonds. The van der Waals surface area contributed by atoms with E-state index in [1.165, 1.54) is 6.07 Å². The number of hydrogen-bond donors (Lipinski definition) is 1. The molecule has 3 fully saturated rings. The lowest BCUT2D eigenvalue weighted by Crippen LogP contribution is -2.55. The average Bonchev–Trinajstić information content (AvgIpc) is 3.30. The molecule has 0 bridgehead atoms. The number of hydrogen-bond acceptors (Lipinski definition) is 3. The van der Waals surface area contributed by atoms with E-state index in [4.69, 9.17) is 9.47 Å². The van der Waals surface area contributed by atoms with Crippen LogP contribution in [0.15, 0.2) is 18.2 Å². The number of amides is 2. The highest BCUT2D eigenvalue weighted by Gasteiger charge is 2.36. The van der Waals surface area contributed by atoms with Crippen molar-refractivity contribution < 1.29 is 18.7 Å². The maximum absolute atomic E-state index is 13.9. The molecular weight excluding hydrogens is 311 g/mol. The van der Waals surface area contributed by atoms with Crippen LogP contribution in [-0.4, -0.2) is 49.4 Å². The van der Waals surface area contributed by atoms with E-state index in [9.17, 15) is 9.18 Å². The normalized spacial score (nSPS) is 27.3. The molecule has 0 radical (unpaired) electrons. The molecule has 2 atom stereocenters. The number of carbonyl (C=O) groups excluding carboxylic acids is 1. The van der Waals surface area contributed by atoms with Crippen LogP contribution in [0.1, 0.15) is 37.2 Å². The number of ether oxygens (including phenoxy) is 2. The van der Waals surface area contributed by atoms with E-state index in [1.807, 2.05) is 0 Å². The molecule has 5 nitrogen and oxygen atoms in total. The highest BCUT2D eigenvalue weighted by atomic mass is 19.1. The second kappa shape index (κ2) is 6.69. The van der Waals surface area contributed by atoms with E-state index < -0.39 is 0 Å².